The van der Waals surface area contributed by atoms with Crippen LogP contribution >= 0.6 is 0 Å². The summed E-state index contributed by atoms with van der Waals surface area (Å²) in [7, 11) is 1.55. The van der Waals surface area contributed by atoms with Crippen LogP contribution in [0.25, 0.3) is 0 Å². The summed E-state index contributed by atoms with van der Waals surface area (Å²) in [5.41, 5.74) is 1.90. The molecule has 0 unspecified atom stereocenters. The summed E-state index contributed by atoms with van der Waals surface area (Å²) in [6, 6.07) is 21.0. The van der Waals surface area contributed by atoms with Crippen LogP contribution in [0.1, 0.15) is 23.0 Å². The maximum Gasteiger partial charge on any atom is 0.248 e. The third-order valence-electron chi connectivity index (χ3n) is 4.28. The summed E-state index contributed by atoms with van der Waals surface area (Å²) in [5.74, 6) is 0.244. The quantitative estimate of drug-likeness (QED) is 0.635. The lowest BCUT2D eigenvalue weighted by molar-refractivity contribution is -0.138. The number of nitrogens with one attached hydrogen (secondary N) is 1. The van der Waals surface area contributed by atoms with Crippen LogP contribution in [-0.2, 0) is 14.3 Å². The molecule has 2 amide bonds. The van der Waals surface area contributed by atoms with Crippen molar-refractivity contribution in [2.75, 3.05) is 25.5 Å². The van der Waals surface area contributed by atoms with Gasteiger partial charge in [0.15, 0.2) is 5.82 Å². The number of hydrogen-bond acceptors (Lipinski definition) is 5. The zero-order valence-electron chi connectivity index (χ0n) is 16.4. The SMILES string of the molecule is Cc1cc(NC(=O)CN(C)C(=O)COC(c2ccccc2)c2ccccc2)no1. The van der Waals surface area contributed by atoms with Gasteiger partial charge in [0.25, 0.3) is 0 Å². The third kappa shape index (κ3) is 5.76. The van der Waals surface area contributed by atoms with Gasteiger partial charge in [0.2, 0.25) is 11.8 Å². The standard InChI is InChI=1S/C22H23N3O4/c1-16-13-19(24-29-16)23-20(26)14-25(2)21(27)15-28-22(17-9-5-3-6-10-17)18-11-7-4-8-12-18/h3-13,22H,14-15H2,1-2H3,(H,23,24,26). The normalized spacial score (nSPS) is 10.7. The first kappa shape index (κ1) is 20.3. The zero-order valence-corrected chi connectivity index (χ0v) is 16.4. The average molecular weight is 393 g/mol. The van der Waals surface area contributed by atoms with Gasteiger partial charge < -0.3 is 19.5 Å². The molecule has 3 rings (SSSR count). The van der Waals surface area contributed by atoms with Crippen LogP contribution < -0.4 is 5.32 Å². The summed E-state index contributed by atoms with van der Waals surface area (Å²) < 4.78 is 10.9. The molecule has 0 saturated carbocycles. The van der Waals surface area contributed by atoms with Gasteiger partial charge in [-0.2, -0.15) is 0 Å². The number of aryl methyl sites for hydroxylation is 1. The topological polar surface area (TPSA) is 84.7 Å². The highest BCUT2D eigenvalue weighted by molar-refractivity contribution is 5.93. The highest BCUT2D eigenvalue weighted by Gasteiger charge is 2.19. The minimum absolute atomic E-state index is 0.116. The smallest absolute Gasteiger partial charge is 0.248 e. The molecule has 1 aromatic heterocycles. The highest BCUT2D eigenvalue weighted by Crippen LogP contribution is 2.25. The minimum atomic E-state index is -0.373. The molecule has 0 saturated heterocycles. The summed E-state index contributed by atoms with van der Waals surface area (Å²) in [5, 5.41) is 6.29. The van der Waals surface area contributed by atoms with E-state index in [4.69, 9.17) is 9.26 Å². The van der Waals surface area contributed by atoms with Crippen molar-refractivity contribution in [1.82, 2.24) is 10.1 Å². The minimum Gasteiger partial charge on any atom is -0.360 e. The second-order valence-electron chi connectivity index (χ2n) is 6.63. The first-order valence-electron chi connectivity index (χ1n) is 9.21. The molecule has 1 heterocycles. The Kier molecular flexibility index (Phi) is 6.76. The van der Waals surface area contributed by atoms with Crippen molar-refractivity contribution in [2.45, 2.75) is 13.0 Å². The number of ether oxygens (including phenoxy) is 1. The number of nitrogens with zero attached hydrogens (tertiary/aromatic N) is 2. The molecule has 0 aliphatic rings. The molecule has 0 atom stereocenters. The van der Waals surface area contributed by atoms with Crippen LogP contribution in [0.3, 0.4) is 0 Å². The molecular formula is C22H23N3O4. The number of anilines is 1. The molecule has 0 spiro atoms. The fourth-order valence-corrected chi connectivity index (χ4v) is 2.82. The van der Waals surface area contributed by atoms with E-state index in [1.807, 2.05) is 60.7 Å². The monoisotopic (exact) mass is 393 g/mol. The molecule has 3 aromatic rings. The van der Waals surface area contributed by atoms with Gasteiger partial charge in [0, 0.05) is 13.1 Å². The van der Waals surface area contributed by atoms with E-state index in [9.17, 15) is 9.59 Å². The van der Waals surface area contributed by atoms with Crippen LogP contribution in [0.15, 0.2) is 71.3 Å². The van der Waals surface area contributed by atoms with Crippen LogP contribution in [0.2, 0.25) is 0 Å². The van der Waals surface area contributed by atoms with Gasteiger partial charge >= 0.3 is 0 Å². The van der Waals surface area contributed by atoms with E-state index in [-0.39, 0.29) is 31.1 Å². The molecule has 1 N–H and O–H groups in total. The van der Waals surface area contributed by atoms with Crippen molar-refractivity contribution < 1.29 is 18.8 Å². The Hall–Kier alpha value is -3.45. The predicted molar refractivity (Wildman–Crippen MR) is 108 cm³/mol. The van der Waals surface area contributed by atoms with Gasteiger partial charge in [-0.25, -0.2) is 0 Å². The number of amides is 2. The fourth-order valence-electron chi connectivity index (χ4n) is 2.82. The molecule has 29 heavy (non-hydrogen) atoms. The van der Waals surface area contributed by atoms with E-state index < -0.39 is 0 Å². The van der Waals surface area contributed by atoms with E-state index in [0.717, 1.165) is 11.1 Å². The molecule has 0 fully saturated rings. The summed E-state index contributed by atoms with van der Waals surface area (Å²) in [6.45, 7) is 1.46. The Morgan fingerprint density at radius 2 is 1.66 bits per heavy atom. The van der Waals surface area contributed by atoms with Gasteiger partial charge in [-0.3, -0.25) is 9.59 Å². The maximum atomic E-state index is 12.5. The van der Waals surface area contributed by atoms with Gasteiger partial charge in [-0.1, -0.05) is 65.8 Å². The van der Waals surface area contributed by atoms with Crippen molar-refractivity contribution in [2.24, 2.45) is 0 Å². The fraction of sp³-hybridized carbons (Fsp3) is 0.227. The number of likely N-dealkylation sites (N-methyl/N-ethyl adjacent to an activating group) is 1. The van der Waals surface area contributed by atoms with E-state index in [1.54, 1.807) is 20.0 Å². The van der Waals surface area contributed by atoms with Gasteiger partial charge in [0.1, 0.15) is 18.5 Å². The lowest BCUT2D eigenvalue weighted by Crippen LogP contribution is -2.37. The molecule has 7 heteroatoms. The van der Waals surface area contributed by atoms with Crippen LogP contribution in [0.5, 0.6) is 0 Å². The summed E-state index contributed by atoms with van der Waals surface area (Å²) in [4.78, 5) is 25.9. The predicted octanol–water partition coefficient (Wildman–Crippen LogP) is 3.19. The number of aromatic nitrogens is 1. The molecule has 7 nitrogen and oxygen atoms in total. The second kappa shape index (κ2) is 9.66. The van der Waals surface area contributed by atoms with Crippen molar-refractivity contribution in [3.8, 4) is 0 Å². The molecule has 150 valence electrons. The number of carbonyl (C=O) groups is 2. The van der Waals surface area contributed by atoms with Crippen molar-refractivity contribution >= 4 is 17.6 Å². The summed E-state index contributed by atoms with van der Waals surface area (Å²) >= 11 is 0. The molecule has 0 radical (unpaired) electrons. The summed E-state index contributed by atoms with van der Waals surface area (Å²) in [6.07, 6.45) is -0.373. The number of benzene rings is 2. The first-order chi connectivity index (χ1) is 14.0. The lowest BCUT2D eigenvalue weighted by Gasteiger charge is -2.21. The van der Waals surface area contributed by atoms with Crippen molar-refractivity contribution in [1.29, 1.82) is 0 Å². The third-order valence-corrected chi connectivity index (χ3v) is 4.28. The van der Waals surface area contributed by atoms with E-state index in [2.05, 4.69) is 10.5 Å². The molecule has 2 aromatic carbocycles. The van der Waals surface area contributed by atoms with E-state index in [1.165, 1.54) is 4.90 Å². The Bertz CT molecular complexity index is 901. The largest absolute Gasteiger partial charge is 0.360 e. The van der Waals surface area contributed by atoms with Crippen LogP contribution in [0.4, 0.5) is 5.82 Å². The van der Waals surface area contributed by atoms with Crippen molar-refractivity contribution in [3.63, 3.8) is 0 Å². The first-order valence-corrected chi connectivity index (χ1v) is 9.21. The number of rotatable bonds is 8. The lowest BCUT2D eigenvalue weighted by atomic mass is 10.0. The second-order valence-corrected chi connectivity index (χ2v) is 6.63. The molecule has 0 bridgehead atoms. The van der Waals surface area contributed by atoms with Crippen LogP contribution in [0, 0.1) is 6.92 Å². The zero-order chi connectivity index (χ0) is 20.6. The Balaban J connectivity index is 1.58. The van der Waals surface area contributed by atoms with Gasteiger partial charge in [-0.15, -0.1) is 0 Å². The Morgan fingerprint density at radius 1 is 1.07 bits per heavy atom. The van der Waals surface area contributed by atoms with Crippen LogP contribution in [-0.4, -0.2) is 42.1 Å². The molecular weight excluding hydrogens is 370 g/mol. The van der Waals surface area contributed by atoms with Gasteiger partial charge in [0.05, 0.1) is 6.54 Å². The average Bonchev–Trinajstić information content (AvgIpc) is 3.14. The Labute approximate surface area is 169 Å². The Morgan fingerprint density at radius 3 is 2.17 bits per heavy atom. The highest BCUT2D eigenvalue weighted by atomic mass is 16.5. The number of carbonyl (C=O) groups excluding carboxylic acids is 2. The van der Waals surface area contributed by atoms with E-state index in [0.29, 0.717) is 11.6 Å². The van der Waals surface area contributed by atoms with E-state index >= 15 is 0 Å². The van der Waals surface area contributed by atoms with Crippen molar-refractivity contribution in [3.05, 3.63) is 83.6 Å². The maximum absolute atomic E-state index is 12.5. The molecule has 0 aliphatic heterocycles. The molecule has 0 aliphatic carbocycles. The van der Waals surface area contributed by atoms with Gasteiger partial charge in [-0.05, 0) is 18.1 Å². The number of hydrogen-bond donors (Lipinski definition) is 1.